The van der Waals surface area contributed by atoms with Crippen molar-refractivity contribution in [3.63, 3.8) is 0 Å². The Balaban J connectivity index is 1.63. The van der Waals surface area contributed by atoms with Gasteiger partial charge in [-0.25, -0.2) is 9.48 Å². The summed E-state index contributed by atoms with van der Waals surface area (Å²) in [6.07, 6.45) is 5.76. The van der Waals surface area contributed by atoms with Crippen LogP contribution in [0.25, 0.3) is 5.69 Å². The lowest BCUT2D eigenvalue weighted by Crippen LogP contribution is -2.41. The number of hydrogen-bond donors (Lipinski definition) is 0. The lowest BCUT2D eigenvalue weighted by Gasteiger charge is -2.33. The second-order valence-corrected chi connectivity index (χ2v) is 7.75. The standard InChI is InChI=1S/C20H27N3O2/c1-15-7-5-6-8-18(15)23-14-17(13-21-23)16-9-11-22(12-10-16)19(24)25-20(2,3)4/h5-8,13-14,16H,9-12H2,1-4H3. The molecule has 2 aromatic rings. The Labute approximate surface area is 149 Å². The van der Waals surface area contributed by atoms with Crippen LogP contribution in [-0.4, -0.2) is 39.5 Å². The van der Waals surface area contributed by atoms with Gasteiger partial charge in [0.2, 0.25) is 0 Å². The number of hydrogen-bond acceptors (Lipinski definition) is 3. The summed E-state index contributed by atoms with van der Waals surface area (Å²) < 4.78 is 7.41. The van der Waals surface area contributed by atoms with Gasteiger partial charge < -0.3 is 9.64 Å². The molecule has 0 N–H and O–H groups in total. The van der Waals surface area contributed by atoms with E-state index < -0.39 is 5.60 Å². The van der Waals surface area contributed by atoms with Gasteiger partial charge in [-0.3, -0.25) is 0 Å². The van der Waals surface area contributed by atoms with E-state index in [9.17, 15) is 4.79 Å². The van der Waals surface area contributed by atoms with E-state index in [2.05, 4.69) is 30.4 Å². The van der Waals surface area contributed by atoms with Crippen molar-refractivity contribution in [2.45, 2.75) is 52.1 Å². The van der Waals surface area contributed by atoms with Crippen LogP contribution in [0.4, 0.5) is 4.79 Å². The lowest BCUT2D eigenvalue weighted by molar-refractivity contribution is 0.0205. The van der Waals surface area contributed by atoms with Crippen molar-refractivity contribution in [2.75, 3.05) is 13.1 Å². The number of nitrogens with zero attached hydrogens (tertiary/aromatic N) is 3. The van der Waals surface area contributed by atoms with Crippen LogP contribution in [0.1, 0.15) is 50.7 Å². The first-order valence-electron chi connectivity index (χ1n) is 8.92. The van der Waals surface area contributed by atoms with Crippen LogP contribution in [0.5, 0.6) is 0 Å². The molecule has 0 spiro atoms. The van der Waals surface area contributed by atoms with Gasteiger partial charge >= 0.3 is 6.09 Å². The number of amides is 1. The molecule has 5 nitrogen and oxygen atoms in total. The maximum absolute atomic E-state index is 12.2. The van der Waals surface area contributed by atoms with Gasteiger partial charge in [-0.1, -0.05) is 18.2 Å². The van der Waals surface area contributed by atoms with Gasteiger partial charge in [0, 0.05) is 19.3 Å². The highest BCUT2D eigenvalue weighted by Gasteiger charge is 2.28. The quantitative estimate of drug-likeness (QED) is 0.818. The molecule has 0 atom stereocenters. The molecule has 0 saturated carbocycles. The molecule has 2 heterocycles. The smallest absolute Gasteiger partial charge is 0.410 e. The van der Waals surface area contributed by atoms with Crippen LogP contribution in [-0.2, 0) is 4.74 Å². The number of para-hydroxylation sites is 1. The van der Waals surface area contributed by atoms with Crippen LogP contribution in [0.2, 0.25) is 0 Å². The van der Waals surface area contributed by atoms with E-state index in [4.69, 9.17) is 4.74 Å². The second kappa shape index (κ2) is 6.90. The molecule has 0 unspecified atom stereocenters. The summed E-state index contributed by atoms with van der Waals surface area (Å²) in [6, 6.07) is 8.24. The Hall–Kier alpha value is -2.30. The second-order valence-electron chi connectivity index (χ2n) is 7.75. The highest BCUT2D eigenvalue weighted by atomic mass is 16.6. The summed E-state index contributed by atoms with van der Waals surface area (Å²) in [5.41, 5.74) is 3.12. The maximum Gasteiger partial charge on any atom is 0.410 e. The molecule has 5 heteroatoms. The van der Waals surface area contributed by atoms with Gasteiger partial charge in [-0.15, -0.1) is 0 Å². The molecule has 0 bridgehead atoms. The predicted octanol–water partition coefficient (Wildman–Crippen LogP) is 4.30. The molecule has 134 valence electrons. The summed E-state index contributed by atoms with van der Waals surface area (Å²) in [6.45, 7) is 9.26. The number of carbonyl (C=O) groups excluding carboxylic acids is 1. The SMILES string of the molecule is Cc1ccccc1-n1cc(C2CCN(C(=O)OC(C)(C)C)CC2)cn1. The zero-order valence-corrected chi connectivity index (χ0v) is 15.5. The van der Waals surface area contributed by atoms with E-state index in [1.54, 1.807) is 0 Å². The number of piperidine rings is 1. The van der Waals surface area contributed by atoms with E-state index >= 15 is 0 Å². The van der Waals surface area contributed by atoms with E-state index in [1.165, 1.54) is 11.1 Å². The topological polar surface area (TPSA) is 47.4 Å². The first-order chi connectivity index (χ1) is 11.8. The van der Waals surface area contributed by atoms with Gasteiger partial charge in [0.25, 0.3) is 0 Å². The number of rotatable bonds is 2. The minimum Gasteiger partial charge on any atom is -0.444 e. The molecule has 1 aliphatic rings. The maximum atomic E-state index is 12.2. The van der Waals surface area contributed by atoms with Crippen molar-refractivity contribution in [3.8, 4) is 5.69 Å². The molecular formula is C20H27N3O2. The summed E-state index contributed by atoms with van der Waals surface area (Å²) in [4.78, 5) is 14.0. The largest absolute Gasteiger partial charge is 0.444 e. The monoisotopic (exact) mass is 341 g/mol. The summed E-state index contributed by atoms with van der Waals surface area (Å²) in [7, 11) is 0. The molecular weight excluding hydrogens is 314 g/mol. The number of likely N-dealkylation sites (tertiary alicyclic amines) is 1. The van der Waals surface area contributed by atoms with Crippen LogP contribution in [0.15, 0.2) is 36.7 Å². The fourth-order valence-corrected chi connectivity index (χ4v) is 3.22. The minimum atomic E-state index is -0.442. The Kier molecular flexibility index (Phi) is 4.84. The molecule has 25 heavy (non-hydrogen) atoms. The Bertz CT molecular complexity index is 737. The summed E-state index contributed by atoms with van der Waals surface area (Å²) in [5, 5.41) is 4.54. The molecule has 1 amide bonds. The van der Waals surface area contributed by atoms with Crippen LogP contribution < -0.4 is 0 Å². The van der Waals surface area contributed by atoms with E-state index in [-0.39, 0.29) is 6.09 Å². The third-order valence-electron chi connectivity index (χ3n) is 4.58. The minimum absolute atomic E-state index is 0.207. The molecule has 1 aromatic carbocycles. The van der Waals surface area contributed by atoms with Crippen molar-refractivity contribution in [1.29, 1.82) is 0 Å². The first kappa shape index (κ1) is 17.5. The van der Waals surface area contributed by atoms with Gasteiger partial charge in [0.15, 0.2) is 0 Å². The van der Waals surface area contributed by atoms with E-state index in [0.29, 0.717) is 5.92 Å². The molecule has 1 fully saturated rings. The van der Waals surface area contributed by atoms with Crippen LogP contribution in [0.3, 0.4) is 0 Å². The average Bonchev–Trinajstić information content (AvgIpc) is 3.03. The number of carbonyl (C=O) groups is 1. The van der Waals surface area contributed by atoms with Gasteiger partial charge in [-0.2, -0.15) is 5.10 Å². The van der Waals surface area contributed by atoms with Crippen molar-refractivity contribution < 1.29 is 9.53 Å². The average molecular weight is 341 g/mol. The molecule has 1 aromatic heterocycles. The van der Waals surface area contributed by atoms with Crippen molar-refractivity contribution in [2.24, 2.45) is 0 Å². The lowest BCUT2D eigenvalue weighted by atomic mass is 9.92. The van der Waals surface area contributed by atoms with Crippen molar-refractivity contribution >= 4 is 6.09 Å². The van der Waals surface area contributed by atoms with Gasteiger partial charge in [0.1, 0.15) is 5.60 Å². The molecule has 1 aliphatic heterocycles. The number of aryl methyl sites for hydroxylation is 1. The molecule has 1 saturated heterocycles. The molecule has 3 rings (SSSR count). The third-order valence-corrected chi connectivity index (χ3v) is 4.58. The fraction of sp³-hybridized carbons (Fsp3) is 0.500. The van der Waals surface area contributed by atoms with E-state index in [0.717, 1.165) is 31.6 Å². The Morgan fingerprint density at radius 3 is 2.52 bits per heavy atom. The normalized spacial score (nSPS) is 16.1. The molecule has 0 radical (unpaired) electrons. The molecule has 0 aliphatic carbocycles. The fourth-order valence-electron chi connectivity index (χ4n) is 3.22. The highest BCUT2D eigenvalue weighted by Crippen LogP contribution is 2.29. The Morgan fingerprint density at radius 2 is 1.88 bits per heavy atom. The Morgan fingerprint density at radius 1 is 1.20 bits per heavy atom. The summed E-state index contributed by atoms with van der Waals surface area (Å²) >= 11 is 0. The van der Waals surface area contributed by atoms with E-state index in [1.807, 2.05) is 48.7 Å². The number of ether oxygens (including phenoxy) is 1. The van der Waals surface area contributed by atoms with Gasteiger partial charge in [0.05, 0.1) is 11.9 Å². The van der Waals surface area contributed by atoms with Crippen LogP contribution >= 0.6 is 0 Å². The third kappa shape index (κ3) is 4.21. The highest BCUT2D eigenvalue weighted by molar-refractivity contribution is 5.68. The summed E-state index contributed by atoms with van der Waals surface area (Å²) in [5.74, 6) is 0.441. The number of aromatic nitrogens is 2. The van der Waals surface area contributed by atoms with Crippen molar-refractivity contribution in [1.82, 2.24) is 14.7 Å². The van der Waals surface area contributed by atoms with Crippen LogP contribution in [0, 0.1) is 6.92 Å². The van der Waals surface area contributed by atoms with Gasteiger partial charge in [-0.05, 0) is 63.6 Å². The first-order valence-corrected chi connectivity index (χ1v) is 8.92. The number of benzene rings is 1. The van der Waals surface area contributed by atoms with Crippen molar-refractivity contribution in [3.05, 3.63) is 47.8 Å². The predicted molar refractivity (Wildman–Crippen MR) is 98.1 cm³/mol. The zero-order valence-electron chi connectivity index (χ0n) is 15.5. The zero-order chi connectivity index (χ0) is 18.0.